The molecule has 2 bridgehead atoms. The zero-order valence-corrected chi connectivity index (χ0v) is 18.1. The van der Waals surface area contributed by atoms with Gasteiger partial charge in [-0.15, -0.1) is 0 Å². The predicted octanol–water partition coefficient (Wildman–Crippen LogP) is -0.244. The molecule has 0 spiro atoms. The first-order chi connectivity index (χ1) is 14.7. The normalized spacial score (nSPS) is 31.6. The smallest absolute Gasteiger partial charge is 0.382 e. The highest BCUT2D eigenvalue weighted by molar-refractivity contribution is 7.66. The summed E-state index contributed by atoms with van der Waals surface area (Å²) in [7, 11) is -16.8. The SMILES string of the molecule is Nc1ncnc2c1ncn2[C@@H]1O[C@@]2(COP(=O)(O)OP(=O)(O)OP(=O)(O)O)CO[C@@H]1[C@@H]2F. The summed E-state index contributed by atoms with van der Waals surface area (Å²) in [5.41, 5.74) is 4.20. The molecule has 2 unspecified atom stereocenters. The number of imidazole rings is 1. The van der Waals surface area contributed by atoms with E-state index in [1.807, 2.05) is 0 Å². The number of hydrogen-bond acceptors (Lipinski definition) is 12. The minimum absolute atomic E-state index is 0.0667. The number of phosphoric acid groups is 3. The van der Waals surface area contributed by atoms with Gasteiger partial charge in [0.2, 0.25) is 0 Å². The van der Waals surface area contributed by atoms with Crippen LogP contribution >= 0.6 is 23.5 Å². The third-order valence-electron chi connectivity index (χ3n) is 4.50. The van der Waals surface area contributed by atoms with Gasteiger partial charge in [-0.3, -0.25) is 9.09 Å². The molecule has 2 aromatic rings. The Morgan fingerprint density at radius 1 is 1.19 bits per heavy atom. The van der Waals surface area contributed by atoms with Crippen LogP contribution in [0, 0.1) is 0 Å². The fourth-order valence-electron chi connectivity index (χ4n) is 3.25. The number of nitrogens with zero attached hydrogens (tertiary/aromatic N) is 4. The van der Waals surface area contributed by atoms with Gasteiger partial charge in [-0.1, -0.05) is 0 Å². The van der Waals surface area contributed by atoms with Crippen molar-refractivity contribution in [1.29, 1.82) is 0 Å². The number of nitrogen functional groups attached to an aromatic ring is 1. The fraction of sp³-hybridized carbons (Fsp3) is 0.545. The maximum Gasteiger partial charge on any atom is 0.490 e. The fourth-order valence-corrected chi connectivity index (χ4v) is 6.33. The second kappa shape index (κ2) is 7.84. The van der Waals surface area contributed by atoms with Crippen molar-refractivity contribution in [1.82, 2.24) is 19.5 Å². The summed E-state index contributed by atoms with van der Waals surface area (Å²) in [6.07, 6.45) is -1.82. The van der Waals surface area contributed by atoms with Gasteiger partial charge in [0.05, 0.1) is 19.5 Å². The number of phosphoric ester groups is 1. The van der Waals surface area contributed by atoms with Crippen LogP contribution in [0.25, 0.3) is 11.2 Å². The molecule has 6 atom stereocenters. The molecular formula is C11H15FN5O12P3. The number of halogens is 1. The molecule has 6 N–H and O–H groups in total. The molecule has 0 amide bonds. The number of ether oxygens (including phenoxy) is 2. The average Bonchev–Trinajstić information content (AvgIpc) is 3.28. The summed E-state index contributed by atoms with van der Waals surface area (Å²) < 4.78 is 73.2. The summed E-state index contributed by atoms with van der Waals surface area (Å²) >= 11 is 0. The molecule has 0 aliphatic carbocycles. The molecule has 4 rings (SSSR count). The first kappa shape index (κ1) is 23.8. The van der Waals surface area contributed by atoms with E-state index in [1.165, 1.54) is 10.9 Å². The van der Waals surface area contributed by atoms with Gasteiger partial charge in [-0.25, -0.2) is 33.0 Å². The lowest BCUT2D eigenvalue weighted by molar-refractivity contribution is -0.182. The maximum atomic E-state index is 15.0. The second-order valence-electron chi connectivity index (χ2n) is 6.70. The van der Waals surface area contributed by atoms with E-state index in [0.29, 0.717) is 0 Å². The van der Waals surface area contributed by atoms with Crippen molar-refractivity contribution in [2.24, 2.45) is 0 Å². The first-order valence-electron chi connectivity index (χ1n) is 8.37. The largest absolute Gasteiger partial charge is 0.490 e. The second-order valence-corrected chi connectivity index (χ2v) is 11.1. The maximum absolute atomic E-state index is 15.0. The Labute approximate surface area is 176 Å². The number of alkyl halides is 1. The van der Waals surface area contributed by atoms with Gasteiger partial charge in [-0.05, 0) is 0 Å². The first-order valence-corrected chi connectivity index (χ1v) is 12.9. The molecule has 2 aliphatic rings. The monoisotopic (exact) mass is 521 g/mol. The van der Waals surface area contributed by atoms with Crippen LogP contribution < -0.4 is 5.73 Å². The number of hydrogen-bond donors (Lipinski definition) is 5. The summed E-state index contributed by atoms with van der Waals surface area (Å²) in [5, 5.41) is 0. The highest BCUT2D eigenvalue weighted by atomic mass is 31.3. The van der Waals surface area contributed by atoms with Gasteiger partial charge < -0.3 is 34.8 Å². The van der Waals surface area contributed by atoms with Gasteiger partial charge in [0.1, 0.15) is 17.9 Å². The highest BCUT2D eigenvalue weighted by Gasteiger charge is 2.64. The van der Waals surface area contributed by atoms with Crippen LogP contribution in [0.2, 0.25) is 0 Å². The highest BCUT2D eigenvalue weighted by Crippen LogP contribution is 2.66. The van der Waals surface area contributed by atoms with Crippen LogP contribution in [0.3, 0.4) is 0 Å². The van der Waals surface area contributed by atoms with E-state index in [4.69, 9.17) is 25.0 Å². The molecule has 2 fully saturated rings. The van der Waals surface area contributed by atoms with Crippen LogP contribution in [-0.2, 0) is 36.3 Å². The van der Waals surface area contributed by atoms with E-state index in [0.717, 1.165) is 6.33 Å². The van der Waals surface area contributed by atoms with Gasteiger partial charge >= 0.3 is 23.5 Å². The van der Waals surface area contributed by atoms with E-state index >= 15 is 4.39 Å². The molecular weight excluding hydrogens is 506 g/mol. The topological polar surface area (TPSA) is 248 Å². The van der Waals surface area contributed by atoms with Crippen LogP contribution in [0.1, 0.15) is 6.23 Å². The van der Waals surface area contributed by atoms with E-state index in [2.05, 4.69) is 28.1 Å². The van der Waals surface area contributed by atoms with Crippen molar-refractivity contribution in [3.05, 3.63) is 12.7 Å². The number of rotatable bonds is 8. The van der Waals surface area contributed by atoms with Gasteiger partial charge in [0.15, 0.2) is 29.5 Å². The average molecular weight is 521 g/mol. The molecule has 2 aromatic heterocycles. The Bertz CT molecular complexity index is 1190. The number of fused-ring (bicyclic) bond motifs is 3. The number of nitrogens with two attached hydrogens (primary N) is 1. The predicted molar refractivity (Wildman–Crippen MR) is 97.0 cm³/mol. The quantitative estimate of drug-likeness (QED) is 0.281. The van der Waals surface area contributed by atoms with Crippen molar-refractivity contribution in [2.45, 2.75) is 24.1 Å². The lowest BCUT2D eigenvalue weighted by Gasteiger charge is -2.30. The molecule has 0 aromatic carbocycles. The van der Waals surface area contributed by atoms with Crippen LogP contribution in [0.5, 0.6) is 0 Å². The number of aromatic nitrogens is 4. The van der Waals surface area contributed by atoms with E-state index < -0.39 is 60.8 Å². The Morgan fingerprint density at radius 3 is 2.59 bits per heavy atom. The van der Waals surface area contributed by atoms with Crippen LogP contribution in [-0.4, -0.2) is 70.2 Å². The minimum Gasteiger partial charge on any atom is -0.382 e. The summed E-state index contributed by atoms with van der Waals surface area (Å²) in [5.74, 6) is 0.0667. The van der Waals surface area contributed by atoms with Crippen molar-refractivity contribution in [2.75, 3.05) is 18.9 Å². The van der Waals surface area contributed by atoms with Gasteiger partial charge in [-0.2, -0.15) is 8.62 Å². The van der Waals surface area contributed by atoms with Crippen LogP contribution in [0.15, 0.2) is 12.7 Å². The van der Waals surface area contributed by atoms with Crippen molar-refractivity contribution in [3.63, 3.8) is 0 Å². The molecule has 2 aliphatic heterocycles. The molecule has 178 valence electrons. The van der Waals surface area contributed by atoms with E-state index in [1.54, 1.807) is 0 Å². The summed E-state index contributed by atoms with van der Waals surface area (Å²) in [6, 6.07) is 0. The van der Waals surface area contributed by atoms with Gasteiger partial charge in [0.25, 0.3) is 0 Å². The Balaban J connectivity index is 1.50. The molecule has 0 radical (unpaired) electrons. The van der Waals surface area contributed by atoms with Crippen LogP contribution in [0.4, 0.5) is 10.2 Å². The van der Waals surface area contributed by atoms with Crippen molar-refractivity contribution >= 4 is 40.4 Å². The summed E-state index contributed by atoms with van der Waals surface area (Å²) in [6.45, 7) is -1.43. The zero-order chi connectivity index (χ0) is 23.5. The Hall–Kier alpha value is -1.39. The van der Waals surface area contributed by atoms with Crippen molar-refractivity contribution < 1.29 is 60.3 Å². The molecule has 32 heavy (non-hydrogen) atoms. The Kier molecular flexibility index (Phi) is 5.82. The molecule has 17 nitrogen and oxygen atoms in total. The lowest BCUT2D eigenvalue weighted by Crippen LogP contribution is -2.43. The standard InChI is InChI=1S/C11H15FN5O12P3/c12-7-6-10(17-4-16-5-8(13)14-3-15-9(5)17)27-11(7,1-25-6)2-26-31(21,22)29-32(23,24)28-30(18,19)20/h3-4,6-7,10H,1-2H2,(H,21,22)(H,23,24)(H2,13,14,15)(H2,18,19,20)/t6-,7+,10-,11-/m1/s1. The van der Waals surface area contributed by atoms with Gasteiger partial charge in [0, 0.05) is 0 Å². The molecule has 0 saturated carbocycles. The lowest BCUT2D eigenvalue weighted by atomic mass is 10.0. The minimum atomic E-state index is -5.72. The number of anilines is 1. The third-order valence-corrected chi connectivity index (χ3v) is 8.28. The summed E-state index contributed by atoms with van der Waals surface area (Å²) in [4.78, 5) is 47.7. The third kappa shape index (κ3) is 4.50. The van der Waals surface area contributed by atoms with E-state index in [-0.39, 0.29) is 17.0 Å². The Morgan fingerprint density at radius 2 is 1.91 bits per heavy atom. The zero-order valence-electron chi connectivity index (χ0n) is 15.4. The van der Waals surface area contributed by atoms with E-state index in [9.17, 15) is 23.5 Å². The van der Waals surface area contributed by atoms with Crippen molar-refractivity contribution in [3.8, 4) is 0 Å². The molecule has 2 saturated heterocycles. The molecule has 4 heterocycles. The molecule has 21 heteroatoms.